The molecule has 0 aliphatic carbocycles. The van der Waals surface area contributed by atoms with Crippen LogP contribution in [-0.4, -0.2) is 38.9 Å². The quantitative estimate of drug-likeness (QED) is 0.673. The van der Waals surface area contributed by atoms with Gasteiger partial charge in [0.05, 0.1) is 13.2 Å². The molecular formula is C21H27N5O3. The highest BCUT2D eigenvalue weighted by atomic mass is 16.5. The van der Waals surface area contributed by atoms with Crippen LogP contribution in [0.4, 0.5) is 11.6 Å². The number of methoxy groups -OCH3 is 1. The molecule has 2 aromatic heterocycles. The van der Waals surface area contributed by atoms with Gasteiger partial charge in [-0.25, -0.2) is 4.79 Å². The second-order valence-electron chi connectivity index (χ2n) is 8.05. The monoisotopic (exact) mass is 397 g/mol. The lowest BCUT2D eigenvalue weighted by molar-refractivity contribution is 0.184. The molecule has 154 valence electrons. The molecule has 29 heavy (non-hydrogen) atoms. The number of aryl methyl sites for hydroxylation is 3. The second-order valence-corrected chi connectivity index (χ2v) is 8.05. The molecule has 8 nitrogen and oxygen atoms in total. The summed E-state index contributed by atoms with van der Waals surface area (Å²) in [7, 11) is 3.22. The van der Waals surface area contributed by atoms with E-state index in [1.165, 1.54) is 20.3 Å². The van der Waals surface area contributed by atoms with Gasteiger partial charge in [-0.1, -0.05) is 13.0 Å². The van der Waals surface area contributed by atoms with E-state index in [-0.39, 0.29) is 17.8 Å². The van der Waals surface area contributed by atoms with Crippen LogP contribution >= 0.6 is 0 Å². The highest BCUT2D eigenvalue weighted by Crippen LogP contribution is 2.33. The molecule has 0 saturated carbocycles. The Labute approximate surface area is 169 Å². The molecule has 1 aromatic carbocycles. The maximum Gasteiger partial charge on any atom is 0.332 e. The van der Waals surface area contributed by atoms with Crippen LogP contribution in [0.2, 0.25) is 0 Å². The molecule has 1 aliphatic heterocycles. The summed E-state index contributed by atoms with van der Waals surface area (Å²) in [6.07, 6.45) is 0. The van der Waals surface area contributed by atoms with Gasteiger partial charge < -0.3 is 14.2 Å². The van der Waals surface area contributed by atoms with Crippen LogP contribution in [0.5, 0.6) is 0 Å². The molecule has 3 heterocycles. The third-order valence-electron chi connectivity index (χ3n) is 5.48. The van der Waals surface area contributed by atoms with E-state index in [9.17, 15) is 9.59 Å². The van der Waals surface area contributed by atoms with Crippen molar-refractivity contribution in [3.05, 3.63) is 50.2 Å². The van der Waals surface area contributed by atoms with Gasteiger partial charge in [0.2, 0.25) is 5.95 Å². The molecule has 1 aliphatic rings. The summed E-state index contributed by atoms with van der Waals surface area (Å²) in [4.78, 5) is 32.9. The fraction of sp³-hybridized carbons (Fsp3) is 0.476. The first-order chi connectivity index (χ1) is 13.8. The van der Waals surface area contributed by atoms with Crippen LogP contribution in [0.1, 0.15) is 18.1 Å². The Morgan fingerprint density at radius 1 is 1.14 bits per heavy atom. The number of ether oxygens (including phenoxy) is 1. The lowest BCUT2D eigenvalue weighted by atomic mass is 10.1. The number of anilines is 2. The highest BCUT2D eigenvalue weighted by Gasteiger charge is 2.30. The Bertz CT molecular complexity index is 1180. The van der Waals surface area contributed by atoms with Crippen molar-refractivity contribution in [2.45, 2.75) is 33.9 Å². The average Bonchev–Trinajstić information content (AvgIpc) is 3.04. The van der Waals surface area contributed by atoms with E-state index in [1.807, 2.05) is 4.57 Å². The van der Waals surface area contributed by atoms with E-state index >= 15 is 0 Å². The SMILES string of the molecule is COCCn1c(=O)c2c(nc3n2CC(C)CN3c2cc(C)cc(C)c2)n(C)c1=O. The summed E-state index contributed by atoms with van der Waals surface area (Å²) in [6.45, 7) is 8.32. The summed E-state index contributed by atoms with van der Waals surface area (Å²) >= 11 is 0. The van der Waals surface area contributed by atoms with E-state index in [1.54, 1.807) is 14.2 Å². The zero-order valence-corrected chi connectivity index (χ0v) is 17.6. The molecule has 1 atom stereocenters. The Hall–Kier alpha value is -2.87. The van der Waals surface area contributed by atoms with Gasteiger partial charge in [0.25, 0.3) is 5.56 Å². The first-order valence-corrected chi connectivity index (χ1v) is 9.86. The van der Waals surface area contributed by atoms with Crippen molar-refractivity contribution < 1.29 is 4.74 Å². The van der Waals surface area contributed by atoms with Crippen LogP contribution in [0.25, 0.3) is 11.2 Å². The van der Waals surface area contributed by atoms with E-state index in [0.29, 0.717) is 36.2 Å². The highest BCUT2D eigenvalue weighted by molar-refractivity contribution is 5.77. The zero-order valence-electron chi connectivity index (χ0n) is 17.6. The predicted octanol–water partition coefficient (Wildman–Crippen LogP) is 1.95. The van der Waals surface area contributed by atoms with Crippen molar-refractivity contribution in [1.82, 2.24) is 18.7 Å². The van der Waals surface area contributed by atoms with E-state index in [2.05, 4.69) is 43.9 Å². The minimum absolute atomic E-state index is 0.217. The standard InChI is InChI=1S/C21H27N5O3/c1-13-8-14(2)10-16(9-13)25-11-15(3)12-26-17-18(22-20(25)26)23(4)21(28)24(19(17)27)6-7-29-5/h8-10,15H,6-7,11-12H2,1-5H3. The lowest BCUT2D eigenvalue weighted by Gasteiger charge is -2.33. The van der Waals surface area contributed by atoms with Gasteiger partial charge in [-0.15, -0.1) is 0 Å². The Morgan fingerprint density at radius 2 is 1.83 bits per heavy atom. The molecule has 0 amide bonds. The average molecular weight is 397 g/mol. The minimum Gasteiger partial charge on any atom is -0.383 e. The Kier molecular flexibility index (Phi) is 4.82. The molecule has 4 rings (SSSR count). The first-order valence-electron chi connectivity index (χ1n) is 9.86. The van der Waals surface area contributed by atoms with Gasteiger partial charge >= 0.3 is 5.69 Å². The summed E-state index contributed by atoms with van der Waals surface area (Å²) in [6, 6.07) is 6.40. The van der Waals surface area contributed by atoms with Gasteiger partial charge in [-0.2, -0.15) is 4.98 Å². The summed E-state index contributed by atoms with van der Waals surface area (Å²) in [5.74, 6) is 1.03. The number of nitrogens with zero attached hydrogens (tertiary/aromatic N) is 5. The predicted molar refractivity (Wildman–Crippen MR) is 113 cm³/mol. The van der Waals surface area contributed by atoms with Crippen LogP contribution in [0, 0.1) is 19.8 Å². The number of rotatable bonds is 4. The molecule has 0 N–H and O–H groups in total. The van der Waals surface area contributed by atoms with Crippen molar-refractivity contribution in [3.8, 4) is 0 Å². The number of aromatic nitrogens is 4. The fourth-order valence-electron chi connectivity index (χ4n) is 4.21. The van der Waals surface area contributed by atoms with Crippen molar-refractivity contribution in [2.24, 2.45) is 13.0 Å². The topological polar surface area (TPSA) is 74.3 Å². The molecule has 0 bridgehead atoms. The Balaban J connectivity index is 1.98. The molecular weight excluding hydrogens is 370 g/mol. The molecule has 0 saturated heterocycles. The number of fused-ring (bicyclic) bond motifs is 3. The van der Waals surface area contributed by atoms with Crippen LogP contribution in [-0.2, 0) is 24.9 Å². The lowest BCUT2D eigenvalue weighted by Crippen LogP contribution is -2.41. The minimum atomic E-state index is -0.374. The van der Waals surface area contributed by atoms with Gasteiger partial charge in [0.1, 0.15) is 0 Å². The summed E-state index contributed by atoms with van der Waals surface area (Å²) in [5.41, 5.74) is 3.61. The van der Waals surface area contributed by atoms with Crippen LogP contribution in [0.3, 0.4) is 0 Å². The molecule has 3 aromatic rings. The van der Waals surface area contributed by atoms with Gasteiger partial charge in [-0.05, 0) is 43.0 Å². The third kappa shape index (κ3) is 3.17. The maximum atomic E-state index is 13.2. The van der Waals surface area contributed by atoms with Crippen molar-refractivity contribution >= 4 is 22.8 Å². The summed E-state index contributed by atoms with van der Waals surface area (Å²) < 4.78 is 9.74. The van der Waals surface area contributed by atoms with Crippen molar-refractivity contribution in [3.63, 3.8) is 0 Å². The molecule has 0 spiro atoms. The van der Waals surface area contributed by atoms with Crippen molar-refractivity contribution in [1.29, 1.82) is 0 Å². The molecule has 8 heteroatoms. The molecule has 1 unspecified atom stereocenters. The maximum absolute atomic E-state index is 13.2. The Morgan fingerprint density at radius 3 is 2.48 bits per heavy atom. The fourth-order valence-corrected chi connectivity index (χ4v) is 4.21. The largest absolute Gasteiger partial charge is 0.383 e. The van der Waals surface area contributed by atoms with Gasteiger partial charge in [0.15, 0.2) is 11.2 Å². The van der Waals surface area contributed by atoms with Gasteiger partial charge in [-0.3, -0.25) is 13.9 Å². The van der Waals surface area contributed by atoms with Gasteiger partial charge in [0, 0.05) is 32.9 Å². The second kappa shape index (κ2) is 7.18. The first kappa shape index (κ1) is 19.4. The molecule has 0 radical (unpaired) electrons. The normalized spacial score (nSPS) is 16.4. The van der Waals surface area contributed by atoms with Crippen LogP contribution in [0.15, 0.2) is 27.8 Å². The number of hydrogen-bond acceptors (Lipinski definition) is 5. The molecule has 0 fully saturated rings. The smallest absolute Gasteiger partial charge is 0.332 e. The van der Waals surface area contributed by atoms with E-state index in [0.717, 1.165) is 12.2 Å². The van der Waals surface area contributed by atoms with E-state index < -0.39 is 0 Å². The third-order valence-corrected chi connectivity index (χ3v) is 5.48. The van der Waals surface area contributed by atoms with E-state index in [4.69, 9.17) is 9.72 Å². The van der Waals surface area contributed by atoms with Crippen molar-refractivity contribution in [2.75, 3.05) is 25.2 Å². The summed E-state index contributed by atoms with van der Waals surface area (Å²) in [5, 5.41) is 0. The number of hydrogen-bond donors (Lipinski definition) is 0. The van der Waals surface area contributed by atoms with Crippen LogP contribution < -0.4 is 16.1 Å². The zero-order chi connectivity index (χ0) is 20.9. The number of imidazole rings is 1. The number of benzene rings is 1.